The summed E-state index contributed by atoms with van der Waals surface area (Å²) >= 11 is 0. The van der Waals surface area contributed by atoms with Crippen LogP contribution in [0, 0.1) is 16.7 Å². The van der Waals surface area contributed by atoms with Crippen molar-refractivity contribution in [1.82, 2.24) is 15.1 Å². The molecule has 2 aliphatic heterocycles. The van der Waals surface area contributed by atoms with Gasteiger partial charge < -0.3 is 25.0 Å². The molecule has 31 heavy (non-hydrogen) atoms. The third kappa shape index (κ3) is 4.97. The van der Waals surface area contributed by atoms with Crippen LogP contribution in [0.5, 0.6) is 0 Å². The van der Waals surface area contributed by atoms with E-state index in [9.17, 15) is 9.90 Å². The molecule has 0 aromatic rings. The van der Waals surface area contributed by atoms with Crippen LogP contribution in [0.1, 0.15) is 72.1 Å². The smallest absolute Gasteiger partial charge is 0.222 e. The number of morpholine rings is 1. The Morgan fingerprint density at radius 1 is 1.06 bits per heavy atom. The third-order valence-electron chi connectivity index (χ3n) is 9.16. The average molecular weight is 436 g/mol. The molecule has 6 heteroatoms. The van der Waals surface area contributed by atoms with Crippen molar-refractivity contribution in [2.45, 2.75) is 89.8 Å². The first-order chi connectivity index (χ1) is 14.6. The molecule has 4 unspecified atom stereocenters. The Hall–Kier alpha value is -0.690. The lowest BCUT2D eigenvalue weighted by molar-refractivity contribution is -0.137. The molecule has 178 valence electrons. The number of aliphatic hydroxyl groups is 1. The van der Waals surface area contributed by atoms with Crippen molar-refractivity contribution in [3.8, 4) is 0 Å². The maximum absolute atomic E-state index is 13.0. The summed E-state index contributed by atoms with van der Waals surface area (Å²) in [5, 5.41) is 15.1. The summed E-state index contributed by atoms with van der Waals surface area (Å²) in [7, 11) is 2.22. The highest BCUT2D eigenvalue weighted by atomic mass is 16.5. The van der Waals surface area contributed by atoms with Crippen LogP contribution in [0.3, 0.4) is 0 Å². The van der Waals surface area contributed by atoms with Gasteiger partial charge in [0.05, 0.1) is 18.8 Å². The second-order valence-corrected chi connectivity index (χ2v) is 12.0. The number of fused-ring (bicyclic) bond motifs is 1. The molecule has 2 N–H and O–H groups in total. The first-order valence-corrected chi connectivity index (χ1v) is 12.6. The van der Waals surface area contributed by atoms with Crippen LogP contribution in [-0.4, -0.2) is 84.9 Å². The quantitative estimate of drug-likeness (QED) is 0.695. The zero-order valence-corrected chi connectivity index (χ0v) is 20.3. The normalized spacial score (nSPS) is 39.5. The summed E-state index contributed by atoms with van der Waals surface area (Å²) in [6.07, 6.45) is 7.85. The SMILES string of the molecule is CN1CCC(NC2CC(C)(C)C3CC(C)(O)CCC23CCC(=O)N2CCOCC2)CC1. The minimum Gasteiger partial charge on any atom is -0.390 e. The first kappa shape index (κ1) is 23.5. The molecule has 0 radical (unpaired) electrons. The minimum atomic E-state index is -0.581. The lowest BCUT2D eigenvalue weighted by Crippen LogP contribution is -2.55. The second-order valence-electron chi connectivity index (χ2n) is 12.0. The highest BCUT2D eigenvalue weighted by Gasteiger charge is 2.61. The van der Waals surface area contributed by atoms with E-state index in [1.807, 2.05) is 11.8 Å². The van der Waals surface area contributed by atoms with Crippen LogP contribution in [0.25, 0.3) is 0 Å². The molecule has 1 amide bonds. The molecule has 0 spiro atoms. The predicted molar refractivity (Wildman–Crippen MR) is 123 cm³/mol. The van der Waals surface area contributed by atoms with Gasteiger partial charge in [-0.1, -0.05) is 13.8 Å². The van der Waals surface area contributed by atoms with E-state index in [4.69, 9.17) is 4.74 Å². The fourth-order valence-corrected chi connectivity index (χ4v) is 7.23. The lowest BCUT2D eigenvalue weighted by atomic mass is 9.57. The molecule has 4 fully saturated rings. The molecular formula is C25H45N3O3. The summed E-state index contributed by atoms with van der Waals surface area (Å²) in [5.41, 5.74) is -0.297. The molecule has 2 saturated heterocycles. The number of rotatable bonds is 5. The zero-order chi connectivity index (χ0) is 22.3. The summed E-state index contributed by atoms with van der Waals surface area (Å²) in [6.45, 7) is 11.9. The van der Waals surface area contributed by atoms with Gasteiger partial charge in [0.2, 0.25) is 5.91 Å². The molecular weight excluding hydrogens is 390 g/mol. The van der Waals surface area contributed by atoms with Crippen molar-refractivity contribution < 1.29 is 14.6 Å². The minimum absolute atomic E-state index is 0.108. The molecule has 6 nitrogen and oxygen atoms in total. The van der Waals surface area contributed by atoms with Gasteiger partial charge in [-0.25, -0.2) is 0 Å². The highest BCUT2D eigenvalue weighted by Crippen LogP contribution is 2.64. The van der Waals surface area contributed by atoms with Gasteiger partial charge in [-0.3, -0.25) is 4.79 Å². The average Bonchev–Trinajstić information content (AvgIpc) is 2.94. The van der Waals surface area contributed by atoms with Crippen LogP contribution in [0.4, 0.5) is 0 Å². The molecule has 2 heterocycles. The number of amides is 1. The Bertz CT molecular complexity index is 638. The van der Waals surface area contributed by atoms with Crippen molar-refractivity contribution in [1.29, 1.82) is 0 Å². The van der Waals surface area contributed by atoms with Crippen LogP contribution in [-0.2, 0) is 9.53 Å². The van der Waals surface area contributed by atoms with Gasteiger partial charge in [-0.2, -0.15) is 0 Å². The maximum Gasteiger partial charge on any atom is 0.222 e. The highest BCUT2D eigenvalue weighted by molar-refractivity contribution is 5.76. The van der Waals surface area contributed by atoms with E-state index in [0.717, 1.165) is 58.3 Å². The van der Waals surface area contributed by atoms with Gasteiger partial charge in [0.15, 0.2) is 0 Å². The standard InChI is InChI=1S/C25H45N3O3/c1-23(2)18-21(26-19-6-11-27(4)12-7-19)25(10-9-24(3,30)17-20(23)25)8-5-22(29)28-13-15-31-16-14-28/h19-21,26,30H,5-18H2,1-4H3. The molecule has 4 rings (SSSR count). The zero-order valence-electron chi connectivity index (χ0n) is 20.3. The van der Waals surface area contributed by atoms with E-state index in [1.54, 1.807) is 0 Å². The van der Waals surface area contributed by atoms with Crippen LogP contribution in [0.15, 0.2) is 0 Å². The number of hydrogen-bond donors (Lipinski definition) is 2. The largest absolute Gasteiger partial charge is 0.390 e. The van der Waals surface area contributed by atoms with Gasteiger partial charge in [0.1, 0.15) is 0 Å². The van der Waals surface area contributed by atoms with Crippen molar-refractivity contribution >= 4 is 5.91 Å². The lowest BCUT2D eigenvalue weighted by Gasteiger charge is -2.51. The van der Waals surface area contributed by atoms with Gasteiger partial charge in [0.25, 0.3) is 0 Å². The van der Waals surface area contributed by atoms with Crippen LogP contribution in [0.2, 0.25) is 0 Å². The monoisotopic (exact) mass is 435 g/mol. The first-order valence-electron chi connectivity index (χ1n) is 12.6. The third-order valence-corrected chi connectivity index (χ3v) is 9.16. The van der Waals surface area contributed by atoms with E-state index in [2.05, 4.69) is 31.1 Å². The number of piperidine rings is 1. The van der Waals surface area contributed by atoms with E-state index < -0.39 is 5.60 Å². The predicted octanol–water partition coefficient (Wildman–Crippen LogP) is 2.65. The number of likely N-dealkylation sites (tertiary alicyclic amines) is 1. The van der Waals surface area contributed by atoms with Crippen LogP contribution >= 0.6 is 0 Å². The fourth-order valence-electron chi connectivity index (χ4n) is 7.23. The molecule has 0 aromatic heterocycles. The summed E-state index contributed by atoms with van der Waals surface area (Å²) in [5.74, 6) is 0.738. The topological polar surface area (TPSA) is 65.0 Å². The molecule has 2 saturated carbocycles. The van der Waals surface area contributed by atoms with E-state index >= 15 is 0 Å². The Labute approximate surface area is 189 Å². The number of ether oxygens (including phenoxy) is 1. The molecule has 0 bridgehead atoms. The number of nitrogens with one attached hydrogen (secondary N) is 1. The Kier molecular flexibility index (Phi) is 6.75. The summed E-state index contributed by atoms with van der Waals surface area (Å²) in [6, 6.07) is 1.01. The number of nitrogens with zero attached hydrogens (tertiary/aromatic N) is 2. The van der Waals surface area contributed by atoms with Crippen molar-refractivity contribution in [2.75, 3.05) is 46.4 Å². The van der Waals surface area contributed by atoms with E-state index in [1.165, 1.54) is 12.8 Å². The number of hydrogen-bond acceptors (Lipinski definition) is 5. The van der Waals surface area contributed by atoms with Gasteiger partial charge in [0, 0.05) is 31.6 Å². The molecule has 2 aliphatic carbocycles. The summed E-state index contributed by atoms with van der Waals surface area (Å²) in [4.78, 5) is 17.5. The van der Waals surface area contributed by atoms with Crippen molar-refractivity contribution in [3.05, 3.63) is 0 Å². The summed E-state index contributed by atoms with van der Waals surface area (Å²) < 4.78 is 5.44. The number of carbonyl (C=O) groups excluding carboxylic acids is 1. The van der Waals surface area contributed by atoms with Crippen LogP contribution < -0.4 is 5.32 Å². The van der Waals surface area contributed by atoms with Gasteiger partial charge in [-0.05, 0) is 88.8 Å². The van der Waals surface area contributed by atoms with E-state index in [0.29, 0.717) is 37.6 Å². The Morgan fingerprint density at radius 2 is 1.74 bits per heavy atom. The second kappa shape index (κ2) is 8.92. The van der Waals surface area contributed by atoms with Crippen molar-refractivity contribution in [3.63, 3.8) is 0 Å². The Balaban J connectivity index is 1.52. The molecule has 4 aliphatic rings. The Morgan fingerprint density at radius 3 is 2.42 bits per heavy atom. The van der Waals surface area contributed by atoms with Gasteiger partial charge >= 0.3 is 0 Å². The number of carbonyl (C=O) groups is 1. The van der Waals surface area contributed by atoms with E-state index in [-0.39, 0.29) is 16.7 Å². The van der Waals surface area contributed by atoms with Crippen molar-refractivity contribution in [2.24, 2.45) is 16.7 Å². The molecule has 0 aromatic carbocycles. The molecule has 4 atom stereocenters. The fraction of sp³-hybridized carbons (Fsp3) is 0.960. The van der Waals surface area contributed by atoms with Gasteiger partial charge in [-0.15, -0.1) is 0 Å². The maximum atomic E-state index is 13.0.